The lowest BCUT2D eigenvalue weighted by molar-refractivity contribution is -0.207. The molecule has 0 amide bonds. The van der Waals surface area contributed by atoms with E-state index < -0.39 is 12.3 Å². The van der Waals surface area contributed by atoms with E-state index in [0.717, 1.165) is 11.1 Å². The highest BCUT2D eigenvalue weighted by atomic mass is 19.4. The molecule has 4 heteroatoms. The Kier molecular flexibility index (Phi) is 2.46. The Balaban J connectivity index is 2.01. The molecule has 2 atom stereocenters. The zero-order chi connectivity index (χ0) is 11.1. The molecule has 0 bridgehead atoms. The second-order valence-corrected chi connectivity index (χ2v) is 3.89. The van der Waals surface area contributed by atoms with Crippen molar-refractivity contribution in [1.29, 1.82) is 0 Å². The summed E-state index contributed by atoms with van der Waals surface area (Å²) >= 11 is 0. The van der Waals surface area contributed by atoms with Gasteiger partial charge < -0.3 is 5.11 Å². The van der Waals surface area contributed by atoms with Crippen LogP contribution in [0.2, 0.25) is 0 Å². The minimum atomic E-state index is -4.50. The van der Waals surface area contributed by atoms with Gasteiger partial charge in [0.25, 0.3) is 0 Å². The third-order valence-electron chi connectivity index (χ3n) is 2.85. The second-order valence-electron chi connectivity index (χ2n) is 3.89. The Morgan fingerprint density at radius 2 is 2.00 bits per heavy atom. The predicted molar refractivity (Wildman–Crippen MR) is 49.6 cm³/mol. The van der Waals surface area contributed by atoms with Crippen LogP contribution >= 0.6 is 0 Å². The topological polar surface area (TPSA) is 20.2 Å². The van der Waals surface area contributed by atoms with Gasteiger partial charge in [0, 0.05) is 0 Å². The first-order valence-electron chi connectivity index (χ1n) is 4.81. The molecule has 1 aromatic rings. The van der Waals surface area contributed by atoms with Gasteiger partial charge in [-0.05, 0) is 29.9 Å². The molecule has 0 saturated heterocycles. The number of fused-ring (bicyclic) bond motifs is 1. The molecular formula is C11H11F3O. The lowest BCUT2D eigenvalue weighted by atomic mass is 9.75. The number of benzene rings is 1. The molecule has 82 valence electrons. The van der Waals surface area contributed by atoms with Crippen LogP contribution in [0.25, 0.3) is 0 Å². The van der Waals surface area contributed by atoms with Crippen molar-refractivity contribution >= 4 is 0 Å². The number of rotatable bonds is 2. The molecule has 0 spiro atoms. The summed E-state index contributed by atoms with van der Waals surface area (Å²) in [5, 5.41) is 8.92. The molecule has 1 N–H and O–H groups in total. The van der Waals surface area contributed by atoms with E-state index >= 15 is 0 Å². The fourth-order valence-corrected chi connectivity index (χ4v) is 1.98. The van der Waals surface area contributed by atoms with Crippen molar-refractivity contribution in [2.24, 2.45) is 0 Å². The molecule has 0 saturated carbocycles. The standard InChI is InChI=1S/C11H11F3O/c12-11(13,14)10(15)6-8-5-7-3-1-2-4-9(7)8/h1-4,8,10,15H,5-6H2/t8?,10-/m1/s1. The van der Waals surface area contributed by atoms with Crippen molar-refractivity contribution in [3.05, 3.63) is 35.4 Å². The van der Waals surface area contributed by atoms with E-state index in [1.54, 1.807) is 0 Å². The van der Waals surface area contributed by atoms with Crippen molar-refractivity contribution in [2.45, 2.75) is 31.0 Å². The molecular weight excluding hydrogens is 205 g/mol. The van der Waals surface area contributed by atoms with Gasteiger partial charge in [-0.15, -0.1) is 0 Å². The van der Waals surface area contributed by atoms with Crippen molar-refractivity contribution in [2.75, 3.05) is 0 Å². The van der Waals surface area contributed by atoms with E-state index in [0.29, 0.717) is 6.42 Å². The fourth-order valence-electron chi connectivity index (χ4n) is 1.98. The number of alkyl halides is 3. The molecule has 1 aliphatic rings. The van der Waals surface area contributed by atoms with Gasteiger partial charge in [0.2, 0.25) is 0 Å². The maximum Gasteiger partial charge on any atom is 0.414 e. The monoisotopic (exact) mass is 216 g/mol. The third-order valence-corrected chi connectivity index (χ3v) is 2.85. The molecule has 0 heterocycles. The van der Waals surface area contributed by atoms with Crippen molar-refractivity contribution < 1.29 is 18.3 Å². The summed E-state index contributed by atoms with van der Waals surface area (Å²) < 4.78 is 36.3. The number of hydrogen-bond donors (Lipinski definition) is 1. The molecule has 0 aliphatic heterocycles. The lowest BCUT2D eigenvalue weighted by Gasteiger charge is -2.32. The summed E-state index contributed by atoms with van der Waals surface area (Å²) in [6, 6.07) is 7.42. The smallest absolute Gasteiger partial charge is 0.384 e. The minimum Gasteiger partial charge on any atom is -0.384 e. The van der Waals surface area contributed by atoms with Gasteiger partial charge in [-0.25, -0.2) is 0 Å². The van der Waals surface area contributed by atoms with Crippen LogP contribution in [0.15, 0.2) is 24.3 Å². The average Bonchev–Trinajstić information content (AvgIpc) is 2.12. The van der Waals surface area contributed by atoms with Crippen LogP contribution in [-0.4, -0.2) is 17.4 Å². The summed E-state index contributed by atoms with van der Waals surface area (Å²) in [4.78, 5) is 0. The summed E-state index contributed by atoms with van der Waals surface area (Å²) in [6.45, 7) is 0. The quantitative estimate of drug-likeness (QED) is 0.805. The van der Waals surface area contributed by atoms with Crippen molar-refractivity contribution in [3.8, 4) is 0 Å². The molecule has 1 nitrogen and oxygen atoms in total. The summed E-state index contributed by atoms with van der Waals surface area (Å²) in [5.41, 5.74) is 2.04. The zero-order valence-electron chi connectivity index (χ0n) is 7.96. The molecule has 0 aromatic heterocycles. The number of halogens is 3. The number of aliphatic hydroxyl groups is 1. The number of hydrogen-bond acceptors (Lipinski definition) is 1. The first-order chi connectivity index (χ1) is 6.98. The third kappa shape index (κ3) is 2.00. The van der Waals surface area contributed by atoms with Gasteiger partial charge in [0.1, 0.15) is 6.10 Å². The molecule has 0 radical (unpaired) electrons. The minimum absolute atomic E-state index is 0.141. The maximum atomic E-state index is 12.1. The highest BCUT2D eigenvalue weighted by Gasteiger charge is 2.41. The SMILES string of the molecule is O[C@H](CC1Cc2ccccc21)C(F)(F)F. The van der Waals surface area contributed by atoms with Crippen LogP contribution in [0.5, 0.6) is 0 Å². The van der Waals surface area contributed by atoms with Gasteiger partial charge in [-0.3, -0.25) is 0 Å². The fraction of sp³-hybridized carbons (Fsp3) is 0.455. The van der Waals surface area contributed by atoms with Crippen LogP contribution in [0.4, 0.5) is 13.2 Å². The van der Waals surface area contributed by atoms with E-state index in [2.05, 4.69) is 0 Å². The average molecular weight is 216 g/mol. The summed E-state index contributed by atoms with van der Waals surface area (Å²) in [7, 11) is 0. The van der Waals surface area contributed by atoms with Crippen LogP contribution in [-0.2, 0) is 6.42 Å². The van der Waals surface area contributed by atoms with Gasteiger partial charge in [0.15, 0.2) is 0 Å². The Labute approximate surface area is 85.5 Å². The van der Waals surface area contributed by atoms with E-state index in [1.807, 2.05) is 24.3 Å². The first-order valence-corrected chi connectivity index (χ1v) is 4.81. The Hall–Kier alpha value is -1.03. The van der Waals surface area contributed by atoms with E-state index in [1.165, 1.54) is 0 Å². The van der Waals surface area contributed by atoms with Crippen LogP contribution in [0.3, 0.4) is 0 Å². The van der Waals surface area contributed by atoms with Gasteiger partial charge >= 0.3 is 6.18 Å². The molecule has 1 unspecified atom stereocenters. The van der Waals surface area contributed by atoms with Gasteiger partial charge in [-0.2, -0.15) is 13.2 Å². The van der Waals surface area contributed by atoms with Crippen molar-refractivity contribution in [1.82, 2.24) is 0 Å². The highest BCUT2D eigenvalue weighted by molar-refractivity contribution is 5.39. The van der Waals surface area contributed by atoms with Crippen molar-refractivity contribution in [3.63, 3.8) is 0 Å². The molecule has 15 heavy (non-hydrogen) atoms. The Morgan fingerprint density at radius 1 is 1.33 bits per heavy atom. The molecule has 1 aromatic carbocycles. The normalized spacial score (nSPS) is 21.7. The maximum absolute atomic E-state index is 12.1. The largest absolute Gasteiger partial charge is 0.414 e. The lowest BCUT2D eigenvalue weighted by Crippen LogP contribution is -2.32. The van der Waals surface area contributed by atoms with E-state index in [-0.39, 0.29) is 12.3 Å². The summed E-state index contributed by atoms with van der Waals surface area (Å²) in [6.07, 6.45) is -6.27. The number of aliphatic hydroxyl groups excluding tert-OH is 1. The summed E-state index contributed by atoms with van der Waals surface area (Å²) in [5.74, 6) is -0.141. The molecule has 1 aliphatic carbocycles. The molecule has 2 rings (SSSR count). The second kappa shape index (κ2) is 3.52. The van der Waals surface area contributed by atoms with Crippen LogP contribution < -0.4 is 0 Å². The van der Waals surface area contributed by atoms with Gasteiger partial charge in [0.05, 0.1) is 0 Å². The highest BCUT2D eigenvalue weighted by Crippen LogP contribution is 2.40. The molecule has 0 fully saturated rings. The zero-order valence-corrected chi connectivity index (χ0v) is 7.96. The predicted octanol–water partition coefficient (Wildman–Crippen LogP) is 2.64. The van der Waals surface area contributed by atoms with E-state index in [4.69, 9.17) is 5.11 Å². The van der Waals surface area contributed by atoms with Crippen LogP contribution in [0.1, 0.15) is 23.5 Å². The van der Waals surface area contributed by atoms with Crippen LogP contribution in [0, 0.1) is 0 Å². The van der Waals surface area contributed by atoms with Gasteiger partial charge in [-0.1, -0.05) is 24.3 Å². The Morgan fingerprint density at radius 3 is 2.60 bits per heavy atom. The van der Waals surface area contributed by atoms with E-state index in [9.17, 15) is 13.2 Å². The Bertz CT molecular complexity index is 359. The first kappa shape index (κ1) is 10.5.